The molecule has 1 aromatic heterocycles. The lowest BCUT2D eigenvalue weighted by Gasteiger charge is -2.00. The Bertz CT molecular complexity index is 510. The molecule has 1 N–H and O–H groups in total. The average Bonchev–Trinajstić information content (AvgIpc) is 2.45. The first kappa shape index (κ1) is 9.21. The lowest BCUT2D eigenvalue weighted by molar-refractivity contribution is 1.31. The van der Waals surface area contributed by atoms with Gasteiger partial charge < -0.3 is 4.98 Å². The van der Waals surface area contributed by atoms with Crippen LogP contribution in [0.3, 0.4) is 0 Å². The van der Waals surface area contributed by atoms with E-state index in [1.54, 1.807) is 0 Å². The topological polar surface area (TPSA) is 32.9 Å². The smallest absolute Gasteiger partial charge is 0.305 e. The maximum absolute atomic E-state index is 11.1. The molecule has 14 heavy (non-hydrogen) atoms. The number of thiazole rings is 1. The highest BCUT2D eigenvalue weighted by molar-refractivity contribution is 7.09. The summed E-state index contributed by atoms with van der Waals surface area (Å²) in [6.07, 6.45) is 0. The second kappa shape index (κ2) is 3.42. The first-order valence-corrected chi connectivity index (χ1v) is 5.25. The summed E-state index contributed by atoms with van der Waals surface area (Å²) in [5, 5.41) is 0. The van der Waals surface area contributed by atoms with Crippen molar-refractivity contribution in [2.45, 2.75) is 13.8 Å². The fraction of sp³-hybridized carbons (Fsp3) is 0.182. The van der Waals surface area contributed by atoms with Gasteiger partial charge in [0, 0.05) is 4.88 Å². The number of aromatic amines is 1. The Balaban J connectivity index is 2.59. The largest absolute Gasteiger partial charge is 0.312 e. The number of H-pyrrole nitrogens is 1. The molecule has 0 aliphatic heterocycles. The Morgan fingerprint density at radius 2 is 2.07 bits per heavy atom. The van der Waals surface area contributed by atoms with E-state index in [4.69, 9.17) is 0 Å². The quantitative estimate of drug-likeness (QED) is 0.763. The van der Waals surface area contributed by atoms with Crippen LogP contribution < -0.4 is 4.87 Å². The number of aromatic nitrogens is 1. The molecule has 2 rings (SSSR count). The zero-order valence-electron chi connectivity index (χ0n) is 8.13. The van der Waals surface area contributed by atoms with Crippen molar-refractivity contribution in [3.05, 3.63) is 44.4 Å². The standard InChI is InChI=1S/C11H11NOS/c1-7-4-3-5-9(6-7)10-8(2)14-11(13)12-10/h3-6H,1-2H3,(H,12,13). The van der Waals surface area contributed by atoms with Gasteiger partial charge in [-0.05, 0) is 25.5 Å². The minimum atomic E-state index is 0.0130. The Kier molecular flexibility index (Phi) is 2.25. The lowest BCUT2D eigenvalue weighted by atomic mass is 10.1. The molecule has 0 spiro atoms. The van der Waals surface area contributed by atoms with Crippen molar-refractivity contribution in [2.75, 3.05) is 0 Å². The molecular formula is C11H11NOS. The molecule has 0 atom stereocenters. The van der Waals surface area contributed by atoms with Gasteiger partial charge in [0.05, 0.1) is 5.69 Å². The van der Waals surface area contributed by atoms with E-state index < -0.39 is 0 Å². The zero-order valence-corrected chi connectivity index (χ0v) is 8.94. The zero-order chi connectivity index (χ0) is 10.1. The van der Waals surface area contributed by atoms with E-state index >= 15 is 0 Å². The Hall–Kier alpha value is -1.35. The normalized spacial score (nSPS) is 10.4. The number of hydrogen-bond acceptors (Lipinski definition) is 2. The van der Waals surface area contributed by atoms with Gasteiger partial charge in [-0.1, -0.05) is 35.1 Å². The van der Waals surface area contributed by atoms with E-state index in [9.17, 15) is 4.79 Å². The highest BCUT2D eigenvalue weighted by Gasteiger charge is 2.05. The molecular weight excluding hydrogens is 194 g/mol. The summed E-state index contributed by atoms with van der Waals surface area (Å²) < 4.78 is 0. The average molecular weight is 205 g/mol. The van der Waals surface area contributed by atoms with Crippen LogP contribution in [-0.4, -0.2) is 4.98 Å². The van der Waals surface area contributed by atoms with Gasteiger partial charge in [-0.25, -0.2) is 0 Å². The predicted octanol–water partition coefficient (Wildman–Crippen LogP) is 2.72. The SMILES string of the molecule is Cc1cccc(-c2[nH]c(=O)sc2C)c1. The van der Waals surface area contributed by atoms with Crippen LogP contribution in [0.2, 0.25) is 0 Å². The van der Waals surface area contributed by atoms with Crippen LogP contribution in [0.5, 0.6) is 0 Å². The van der Waals surface area contributed by atoms with Crippen molar-refractivity contribution in [1.82, 2.24) is 4.98 Å². The molecule has 0 aliphatic carbocycles. The van der Waals surface area contributed by atoms with Gasteiger partial charge in [0.25, 0.3) is 0 Å². The Morgan fingerprint density at radius 1 is 1.29 bits per heavy atom. The van der Waals surface area contributed by atoms with E-state index in [2.05, 4.69) is 11.1 Å². The van der Waals surface area contributed by atoms with Crippen molar-refractivity contribution < 1.29 is 0 Å². The summed E-state index contributed by atoms with van der Waals surface area (Å²) in [6, 6.07) is 8.13. The number of benzene rings is 1. The molecule has 3 heteroatoms. The fourth-order valence-corrected chi connectivity index (χ4v) is 2.18. The molecule has 0 bridgehead atoms. The minimum absolute atomic E-state index is 0.0130. The molecule has 0 saturated carbocycles. The van der Waals surface area contributed by atoms with Crippen LogP contribution in [0.4, 0.5) is 0 Å². The van der Waals surface area contributed by atoms with Crippen molar-refractivity contribution >= 4 is 11.3 Å². The van der Waals surface area contributed by atoms with Gasteiger partial charge in [0.1, 0.15) is 0 Å². The number of aryl methyl sites for hydroxylation is 2. The second-order valence-corrected chi connectivity index (χ2v) is 4.50. The summed E-state index contributed by atoms with van der Waals surface area (Å²) >= 11 is 1.26. The summed E-state index contributed by atoms with van der Waals surface area (Å²) in [5.74, 6) is 0. The molecule has 2 aromatic rings. The summed E-state index contributed by atoms with van der Waals surface area (Å²) in [7, 11) is 0. The third kappa shape index (κ3) is 1.63. The van der Waals surface area contributed by atoms with E-state index in [1.165, 1.54) is 16.9 Å². The van der Waals surface area contributed by atoms with Crippen molar-refractivity contribution in [3.63, 3.8) is 0 Å². The highest BCUT2D eigenvalue weighted by Crippen LogP contribution is 2.22. The van der Waals surface area contributed by atoms with Gasteiger partial charge in [-0.3, -0.25) is 4.79 Å². The van der Waals surface area contributed by atoms with E-state index in [-0.39, 0.29) is 4.87 Å². The van der Waals surface area contributed by atoms with Crippen molar-refractivity contribution in [1.29, 1.82) is 0 Å². The minimum Gasteiger partial charge on any atom is -0.312 e. The summed E-state index contributed by atoms with van der Waals surface area (Å²) in [5.41, 5.74) is 3.23. The third-order valence-corrected chi connectivity index (χ3v) is 2.93. The monoisotopic (exact) mass is 205 g/mol. The molecule has 0 aliphatic rings. The van der Waals surface area contributed by atoms with Gasteiger partial charge in [-0.15, -0.1) is 0 Å². The lowest BCUT2D eigenvalue weighted by Crippen LogP contribution is -1.92. The van der Waals surface area contributed by atoms with Crippen molar-refractivity contribution in [2.24, 2.45) is 0 Å². The van der Waals surface area contributed by atoms with Crippen LogP contribution in [0.1, 0.15) is 10.4 Å². The number of nitrogens with one attached hydrogen (secondary N) is 1. The summed E-state index contributed by atoms with van der Waals surface area (Å²) in [4.78, 5) is 15.0. The predicted molar refractivity (Wildman–Crippen MR) is 59.8 cm³/mol. The third-order valence-electron chi connectivity index (χ3n) is 2.13. The van der Waals surface area contributed by atoms with E-state index in [0.717, 1.165) is 16.1 Å². The highest BCUT2D eigenvalue weighted by atomic mass is 32.1. The van der Waals surface area contributed by atoms with Crippen LogP contribution >= 0.6 is 11.3 Å². The maximum atomic E-state index is 11.1. The first-order valence-electron chi connectivity index (χ1n) is 4.43. The number of hydrogen-bond donors (Lipinski definition) is 1. The van der Waals surface area contributed by atoms with Crippen LogP contribution in [0, 0.1) is 13.8 Å². The molecule has 0 saturated heterocycles. The van der Waals surface area contributed by atoms with Crippen LogP contribution in [0.15, 0.2) is 29.1 Å². The second-order valence-electron chi connectivity index (χ2n) is 3.32. The summed E-state index contributed by atoms with van der Waals surface area (Å²) in [6.45, 7) is 4.00. The van der Waals surface area contributed by atoms with Gasteiger partial charge in [0.15, 0.2) is 0 Å². The molecule has 72 valence electrons. The molecule has 0 unspecified atom stereocenters. The molecule has 0 amide bonds. The molecule has 0 radical (unpaired) electrons. The molecule has 1 heterocycles. The van der Waals surface area contributed by atoms with Gasteiger partial charge in [-0.2, -0.15) is 0 Å². The Morgan fingerprint density at radius 3 is 2.64 bits per heavy atom. The van der Waals surface area contributed by atoms with Crippen LogP contribution in [0.25, 0.3) is 11.3 Å². The van der Waals surface area contributed by atoms with E-state index in [0.29, 0.717) is 0 Å². The first-order chi connectivity index (χ1) is 6.66. The van der Waals surface area contributed by atoms with Gasteiger partial charge in [0.2, 0.25) is 0 Å². The molecule has 0 fully saturated rings. The van der Waals surface area contributed by atoms with Crippen molar-refractivity contribution in [3.8, 4) is 11.3 Å². The molecule has 1 aromatic carbocycles. The number of rotatable bonds is 1. The maximum Gasteiger partial charge on any atom is 0.305 e. The molecule has 2 nitrogen and oxygen atoms in total. The van der Waals surface area contributed by atoms with Crippen LogP contribution in [-0.2, 0) is 0 Å². The van der Waals surface area contributed by atoms with E-state index in [1.807, 2.05) is 32.0 Å². The van der Waals surface area contributed by atoms with Gasteiger partial charge >= 0.3 is 4.87 Å². The fourth-order valence-electron chi connectivity index (χ4n) is 1.48. The Labute approximate surface area is 86.2 Å².